The van der Waals surface area contributed by atoms with Gasteiger partial charge in [-0.05, 0) is 74.6 Å². The molecule has 0 amide bonds. The molecule has 35 heavy (non-hydrogen) atoms. The van der Waals surface area contributed by atoms with E-state index in [1.54, 1.807) is 38.1 Å². The van der Waals surface area contributed by atoms with Crippen molar-refractivity contribution in [2.24, 2.45) is 11.8 Å². The Morgan fingerprint density at radius 2 is 1.06 bits per heavy atom. The molecule has 0 radical (unpaired) electrons. The molecule has 2 atom stereocenters. The lowest BCUT2D eigenvalue weighted by molar-refractivity contribution is 0.0396. The third-order valence-electron chi connectivity index (χ3n) is 6.73. The highest BCUT2D eigenvalue weighted by Gasteiger charge is 2.30. The van der Waals surface area contributed by atoms with Crippen LogP contribution in [0.4, 0.5) is 0 Å². The van der Waals surface area contributed by atoms with Crippen molar-refractivity contribution in [1.29, 1.82) is 0 Å². The summed E-state index contributed by atoms with van der Waals surface area (Å²) in [6.07, 6.45) is 4.95. The molecule has 0 saturated heterocycles. The summed E-state index contributed by atoms with van der Waals surface area (Å²) in [6.45, 7) is 12.0. The summed E-state index contributed by atoms with van der Waals surface area (Å²) in [5.74, 6) is 2.00. The first kappa shape index (κ1) is 29.3. The SMILES string of the molecule is CC(C)CCC[C@](C)(O)c1ccc(CO)cc1Oc1cc(CO)ccc1[C@@](C)(O)CCCC(C)C. The number of hydrogen-bond donors (Lipinski definition) is 4. The number of hydrogen-bond acceptors (Lipinski definition) is 5. The predicted octanol–water partition coefficient (Wildman–Crippen LogP) is 6.53. The molecule has 0 aliphatic carbocycles. The molecule has 0 aliphatic rings. The molecule has 0 aliphatic heterocycles. The van der Waals surface area contributed by atoms with Crippen LogP contribution in [0.5, 0.6) is 11.5 Å². The first-order chi connectivity index (χ1) is 16.4. The minimum Gasteiger partial charge on any atom is -0.457 e. The molecule has 2 aromatic rings. The first-order valence-corrected chi connectivity index (χ1v) is 13.0. The molecule has 2 aromatic carbocycles. The zero-order chi connectivity index (χ0) is 26.2. The van der Waals surface area contributed by atoms with Crippen molar-refractivity contribution in [3.05, 3.63) is 58.7 Å². The van der Waals surface area contributed by atoms with E-state index in [2.05, 4.69) is 27.7 Å². The van der Waals surface area contributed by atoms with Crippen LogP contribution in [0.1, 0.15) is 102 Å². The molecule has 0 fully saturated rings. The molecule has 2 rings (SSSR count). The van der Waals surface area contributed by atoms with Crippen LogP contribution in [0.3, 0.4) is 0 Å². The van der Waals surface area contributed by atoms with E-state index < -0.39 is 11.2 Å². The molecule has 0 bridgehead atoms. The van der Waals surface area contributed by atoms with Gasteiger partial charge < -0.3 is 25.2 Å². The van der Waals surface area contributed by atoms with Crippen LogP contribution in [0.15, 0.2) is 36.4 Å². The smallest absolute Gasteiger partial charge is 0.133 e. The Labute approximate surface area is 211 Å². The summed E-state index contributed by atoms with van der Waals surface area (Å²) < 4.78 is 6.41. The lowest BCUT2D eigenvalue weighted by atomic mass is 9.87. The van der Waals surface area contributed by atoms with Gasteiger partial charge in [0.05, 0.1) is 24.4 Å². The van der Waals surface area contributed by atoms with Gasteiger partial charge in [0.15, 0.2) is 0 Å². The Morgan fingerprint density at radius 1 is 0.686 bits per heavy atom. The monoisotopic (exact) mass is 486 g/mol. The van der Waals surface area contributed by atoms with Gasteiger partial charge in [0.25, 0.3) is 0 Å². The van der Waals surface area contributed by atoms with Crippen LogP contribution in [0, 0.1) is 11.8 Å². The minimum atomic E-state index is -1.12. The zero-order valence-corrected chi connectivity index (χ0v) is 22.5. The molecular formula is C30H46O5. The lowest BCUT2D eigenvalue weighted by Gasteiger charge is -2.30. The molecule has 5 nitrogen and oxygen atoms in total. The summed E-state index contributed by atoms with van der Waals surface area (Å²) in [6, 6.07) is 10.7. The molecule has 0 aromatic heterocycles. The third-order valence-corrected chi connectivity index (χ3v) is 6.73. The van der Waals surface area contributed by atoms with E-state index in [0.717, 1.165) is 25.7 Å². The maximum atomic E-state index is 11.4. The second-order valence-corrected chi connectivity index (χ2v) is 11.2. The van der Waals surface area contributed by atoms with Crippen LogP contribution < -0.4 is 4.74 Å². The average molecular weight is 487 g/mol. The van der Waals surface area contributed by atoms with E-state index in [1.165, 1.54) is 0 Å². The van der Waals surface area contributed by atoms with E-state index in [1.807, 2.05) is 12.1 Å². The van der Waals surface area contributed by atoms with E-state index in [9.17, 15) is 20.4 Å². The molecule has 5 heteroatoms. The van der Waals surface area contributed by atoms with Crippen molar-refractivity contribution in [2.45, 2.75) is 104 Å². The average Bonchev–Trinajstić information content (AvgIpc) is 2.77. The third kappa shape index (κ3) is 8.60. The second kappa shape index (κ2) is 12.9. The van der Waals surface area contributed by atoms with Gasteiger partial charge in [0.2, 0.25) is 0 Å². The number of rotatable bonds is 14. The molecule has 0 heterocycles. The minimum absolute atomic E-state index is 0.150. The van der Waals surface area contributed by atoms with E-state index >= 15 is 0 Å². The number of aliphatic hydroxyl groups is 4. The molecular weight excluding hydrogens is 440 g/mol. The molecule has 4 N–H and O–H groups in total. The van der Waals surface area contributed by atoms with Gasteiger partial charge in [-0.2, -0.15) is 0 Å². The predicted molar refractivity (Wildman–Crippen MR) is 141 cm³/mol. The quantitative estimate of drug-likeness (QED) is 0.244. The maximum Gasteiger partial charge on any atom is 0.133 e. The fourth-order valence-corrected chi connectivity index (χ4v) is 4.49. The van der Waals surface area contributed by atoms with Crippen LogP contribution in [-0.2, 0) is 24.4 Å². The van der Waals surface area contributed by atoms with Gasteiger partial charge in [-0.25, -0.2) is 0 Å². The van der Waals surface area contributed by atoms with Crippen LogP contribution >= 0.6 is 0 Å². The van der Waals surface area contributed by atoms with Crippen molar-refractivity contribution < 1.29 is 25.2 Å². The summed E-state index contributed by atoms with van der Waals surface area (Å²) in [5, 5.41) is 42.3. The summed E-state index contributed by atoms with van der Waals surface area (Å²) in [7, 11) is 0. The highest BCUT2D eigenvalue weighted by atomic mass is 16.5. The van der Waals surface area contributed by atoms with Crippen LogP contribution in [0.2, 0.25) is 0 Å². The topological polar surface area (TPSA) is 90.2 Å². The van der Waals surface area contributed by atoms with Gasteiger partial charge >= 0.3 is 0 Å². The number of benzene rings is 2. The fourth-order valence-electron chi connectivity index (χ4n) is 4.49. The van der Waals surface area contributed by atoms with Gasteiger partial charge in [0, 0.05) is 11.1 Å². The van der Waals surface area contributed by atoms with Crippen molar-refractivity contribution >= 4 is 0 Å². The summed E-state index contributed by atoms with van der Waals surface area (Å²) in [4.78, 5) is 0. The maximum absolute atomic E-state index is 11.4. The largest absolute Gasteiger partial charge is 0.457 e. The Bertz CT molecular complexity index is 855. The van der Waals surface area contributed by atoms with E-state index in [0.29, 0.717) is 58.4 Å². The van der Waals surface area contributed by atoms with E-state index in [-0.39, 0.29) is 13.2 Å². The van der Waals surface area contributed by atoms with Gasteiger partial charge in [0.1, 0.15) is 11.5 Å². The van der Waals surface area contributed by atoms with Crippen molar-refractivity contribution in [3.63, 3.8) is 0 Å². The number of ether oxygens (including phenoxy) is 1. The Balaban J connectivity index is 2.47. The Kier molecular flexibility index (Phi) is 10.8. The molecule has 196 valence electrons. The second-order valence-electron chi connectivity index (χ2n) is 11.2. The highest BCUT2D eigenvalue weighted by molar-refractivity contribution is 5.48. The Morgan fingerprint density at radius 3 is 1.37 bits per heavy atom. The van der Waals surface area contributed by atoms with Crippen molar-refractivity contribution in [3.8, 4) is 11.5 Å². The highest BCUT2D eigenvalue weighted by Crippen LogP contribution is 2.41. The zero-order valence-electron chi connectivity index (χ0n) is 22.5. The summed E-state index contributed by atoms with van der Waals surface area (Å²) >= 11 is 0. The summed E-state index contributed by atoms with van der Waals surface area (Å²) in [5.41, 5.74) is 0.381. The van der Waals surface area contributed by atoms with Crippen molar-refractivity contribution in [1.82, 2.24) is 0 Å². The van der Waals surface area contributed by atoms with Gasteiger partial charge in [-0.1, -0.05) is 64.8 Å². The molecule has 0 spiro atoms. The Hall–Kier alpha value is -1.92. The van der Waals surface area contributed by atoms with E-state index in [4.69, 9.17) is 4.74 Å². The van der Waals surface area contributed by atoms with Crippen LogP contribution in [-0.4, -0.2) is 20.4 Å². The van der Waals surface area contributed by atoms with Crippen molar-refractivity contribution in [2.75, 3.05) is 0 Å². The lowest BCUT2D eigenvalue weighted by Crippen LogP contribution is -2.24. The fraction of sp³-hybridized carbons (Fsp3) is 0.600. The normalized spacial score (nSPS) is 15.3. The van der Waals surface area contributed by atoms with Gasteiger partial charge in [-0.15, -0.1) is 0 Å². The molecule has 0 saturated carbocycles. The van der Waals surface area contributed by atoms with Crippen LogP contribution in [0.25, 0.3) is 0 Å². The number of aliphatic hydroxyl groups excluding tert-OH is 2. The molecule has 0 unspecified atom stereocenters. The standard InChI is InChI=1S/C30H46O5/c1-21(2)9-7-15-29(5,33)25-13-11-23(19-31)17-27(25)35-28-18-24(20-32)12-14-26(28)30(6,34)16-8-10-22(3)4/h11-14,17-18,21-22,31-34H,7-10,15-16,19-20H2,1-6H3/t29-,30-/m0/s1. The first-order valence-electron chi connectivity index (χ1n) is 13.0. The van der Waals surface area contributed by atoms with Gasteiger partial charge in [-0.3, -0.25) is 0 Å².